The molecule has 1 aliphatic heterocycles. The number of ether oxygens (including phenoxy) is 1. The van der Waals surface area contributed by atoms with Crippen LogP contribution in [-0.2, 0) is 4.74 Å². The summed E-state index contributed by atoms with van der Waals surface area (Å²) in [4.78, 5) is 2.29. The van der Waals surface area contributed by atoms with Crippen LogP contribution in [0.3, 0.4) is 0 Å². The second kappa shape index (κ2) is 6.79. The molecule has 1 aromatic carbocycles. The Bertz CT molecular complexity index is 430. The van der Waals surface area contributed by atoms with Gasteiger partial charge in [-0.05, 0) is 43.1 Å². The maximum absolute atomic E-state index is 13.4. The second-order valence-electron chi connectivity index (χ2n) is 4.91. The number of hydrogen-bond acceptors (Lipinski definition) is 3. The Kier molecular flexibility index (Phi) is 5.33. The van der Waals surface area contributed by atoms with Crippen LogP contribution in [0.1, 0.15) is 24.4 Å². The molecule has 1 fully saturated rings. The van der Waals surface area contributed by atoms with Gasteiger partial charge in [-0.1, -0.05) is 15.9 Å². The summed E-state index contributed by atoms with van der Waals surface area (Å²) >= 11 is 3.49. The number of rotatable bonds is 4. The van der Waals surface area contributed by atoms with Crippen molar-refractivity contribution in [2.75, 3.05) is 26.7 Å². The van der Waals surface area contributed by atoms with E-state index >= 15 is 0 Å². The number of nitrogens with zero attached hydrogens (tertiary/aromatic N) is 1. The fourth-order valence-electron chi connectivity index (χ4n) is 2.68. The van der Waals surface area contributed by atoms with Crippen molar-refractivity contribution in [3.05, 3.63) is 34.1 Å². The third kappa shape index (κ3) is 3.54. The molecule has 0 amide bonds. The van der Waals surface area contributed by atoms with E-state index in [1.54, 1.807) is 19.2 Å². The molecule has 1 aliphatic rings. The van der Waals surface area contributed by atoms with Gasteiger partial charge in [0, 0.05) is 30.7 Å². The first kappa shape index (κ1) is 14.9. The number of likely N-dealkylation sites (tertiary alicyclic amines) is 1. The van der Waals surface area contributed by atoms with E-state index in [0.717, 1.165) is 36.0 Å². The van der Waals surface area contributed by atoms with E-state index in [-0.39, 0.29) is 18.0 Å². The summed E-state index contributed by atoms with van der Waals surface area (Å²) in [5.74, 6) is -0.225. The summed E-state index contributed by atoms with van der Waals surface area (Å²) in [5.41, 5.74) is 6.83. The zero-order valence-electron chi connectivity index (χ0n) is 11.1. The van der Waals surface area contributed by atoms with Gasteiger partial charge in [-0.15, -0.1) is 0 Å². The highest BCUT2D eigenvalue weighted by Crippen LogP contribution is 2.30. The summed E-state index contributed by atoms with van der Waals surface area (Å²) in [6.45, 7) is 2.30. The molecule has 19 heavy (non-hydrogen) atoms. The van der Waals surface area contributed by atoms with Gasteiger partial charge in [0.05, 0.1) is 6.10 Å². The Morgan fingerprint density at radius 3 is 3.05 bits per heavy atom. The van der Waals surface area contributed by atoms with Crippen molar-refractivity contribution in [2.45, 2.75) is 25.0 Å². The molecule has 2 rings (SSSR count). The van der Waals surface area contributed by atoms with Gasteiger partial charge >= 0.3 is 0 Å². The SMILES string of the molecule is COC1CCCN(C(CN)c2cc(F)ccc2Br)C1. The molecular formula is C14H20BrFN2O. The van der Waals surface area contributed by atoms with Crippen molar-refractivity contribution in [1.29, 1.82) is 0 Å². The average molecular weight is 331 g/mol. The molecule has 0 aromatic heterocycles. The standard InChI is InChI=1S/C14H20BrFN2O/c1-19-11-3-2-6-18(9-11)14(8-17)12-7-10(16)4-5-13(12)15/h4-5,7,11,14H,2-3,6,8-9,17H2,1H3. The van der Waals surface area contributed by atoms with Crippen LogP contribution >= 0.6 is 15.9 Å². The molecule has 0 spiro atoms. The minimum absolute atomic E-state index is 0.0306. The number of halogens is 2. The van der Waals surface area contributed by atoms with Gasteiger partial charge in [-0.2, -0.15) is 0 Å². The van der Waals surface area contributed by atoms with Crippen LogP contribution in [0.5, 0.6) is 0 Å². The fourth-order valence-corrected chi connectivity index (χ4v) is 3.20. The van der Waals surface area contributed by atoms with Crippen LogP contribution in [0, 0.1) is 5.82 Å². The molecule has 106 valence electrons. The van der Waals surface area contributed by atoms with E-state index in [9.17, 15) is 4.39 Å². The molecule has 2 atom stereocenters. The molecular weight excluding hydrogens is 311 g/mol. The van der Waals surface area contributed by atoms with Crippen LogP contribution in [0.4, 0.5) is 4.39 Å². The summed E-state index contributed by atoms with van der Waals surface area (Å²) in [6.07, 6.45) is 2.41. The molecule has 0 radical (unpaired) electrons. The van der Waals surface area contributed by atoms with E-state index in [4.69, 9.17) is 10.5 Å². The smallest absolute Gasteiger partial charge is 0.123 e. The quantitative estimate of drug-likeness (QED) is 0.922. The van der Waals surface area contributed by atoms with Crippen LogP contribution in [0.15, 0.2) is 22.7 Å². The van der Waals surface area contributed by atoms with Gasteiger partial charge in [-0.3, -0.25) is 4.90 Å². The third-order valence-corrected chi connectivity index (χ3v) is 4.45. The van der Waals surface area contributed by atoms with Crippen LogP contribution < -0.4 is 5.73 Å². The van der Waals surface area contributed by atoms with Crippen molar-refractivity contribution in [1.82, 2.24) is 4.90 Å². The first-order valence-corrected chi connectivity index (χ1v) is 7.37. The number of hydrogen-bond donors (Lipinski definition) is 1. The van der Waals surface area contributed by atoms with Crippen LogP contribution in [-0.4, -0.2) is 37.7 Å². The summed E-state index contributed by atoms with van der Waals surface area (Å²) in [7, 11) is 1.74. The Morgan fingerprint density at radius 2 is 2.37 bits per heavy atom. The molecule has 0 bridgehead atoms. The van der Waals surface area contributed by atoms with Crippen LogP contribution in [0.25, 0.3) is 0 Å². The summed E-state index contributed by atoms with van der Waals surface area (Å²) < 4.78 is 19.8. The highest BCUT2D eigenvalue weighted by molar-refractivity contribution is 9.10. The lowest BCUT2D eigenvalue weighted by molar-refractivity contribution is 0.0153. The molecule has 1 heterocycles. The zero-order chi connectivity index (χ0) is 13.8. The largest absolute Gasteiger partial charge is 0.380 e. The highest BCUT2D eigenvalue weighted by Gasteiger charge is 2.27. The van der Waals surface area contributed by atoms with Crippen molar-refractivity contribution < 1.29 is 9.13 Å². The number of piperidine rings is 1. The van der Waals surface area contributed by atoms with Gasteiger partial charge in [0.15, 0.2) is 0 Å². The first-order valence-electron chi connectivity index (χ1n) is 6.57. The third-order valence-electron chi connectivity index (χ3n) is 3.72. The Morgan fingerprint density at radius 1 is 1.58 bits per heavy atom. The Labute approximate surface area is 122 Å². The van der Waals surface area contributed by atoms with Crippen molar-refractivity contribution in [2.24, 2.45) is 5.73 Å². The van der Waals surface area contributed by atoms with Gasteiger partial charge in [-0.25, -0.2) is 4.39 Å². The maximum atomic E-state index is 13.4. The van der Waals surface area contributed by atoms with Crippen molar-refractivity contribution >= 4 is 15.9 Å². The molecule has 1 saturated heterocycles. The molecule has 0 saturated carbocycles. The van der Waals surface area contributed by atoms with Gasteiger partial charge < -0.3 is 10.5 Å². The fraction of sp³-hybridized carbons (Fsp3) is 0.571. The average Bonchev–Trinajstić information content (AvgIpc) is 2.44. The lowest BCUT2D eigenvalue weighted by Crippen LogP contribution is -2.43. The minimum atomic E-state index is -0.225. The molecule has 5 heteroatoms. The topological polar surface area (TPSA) is 38.5 Å². The maximum Gasteiger partial charge on any atom is 0.123 e. The second-order valence-corrected chi connectivity index (χ2v) is 5.77. The number of benzene rings is 1. The molecule has 3 nitrogen and oxygen atoms in total. The van der Waals surface area contributed by atoms with Crippen LogP contribution in [0.2, 0.25) is 0 Å². The highest BCUT2D eigenvalue weighted by atomic mass is 79.9. The van der Waals surface area contributed by atoms with Crippen molar-refractivity contribution in [3.8, 4) is 0 Å². The Balaban J connectivity index is 2.21. The van der Waals surface area contributed by atoms with Gasteiger partial charge in [0.25, 0.3) is 0 Å². The number of nitrogens with two attached hydrogens (primary N) is 1. The lowest BCUT2D eigenvalue weighted by atomic mass is 10.0. The monoisotopic (exact) mass is 330 g/mol. The first-order chi connectivity index (χ1) is 9.15. The minimum Gasteiger partial charge on any atom is -0.380 e. The van der Waals surface area contributed by atoms with E-state index < -0.39 is 0 Å². The van der Waals surface area contributed by atoms with Gasteiger partial charge in [0.1, 0.15) is 5.82 Å². The molecule has 1 aromatic rings. The molecule has 2 unspecified atom stereocenters. The predicted octanol–water partition coefficient (Wildman–Crippen LogP) is 2.70. The van der Waals surface area contributed by atoms with E-state index in [0.29, 0.717) is 6.54 Å². The molecule has 0 aliphatic carbocycles. The van der Waals surface area contributed by atoms with E-state index in [1.807, 2.05) is 0 Å². The summed E-state index contributed by atoms with van der Waals surface area (Å²) in [5, 5.41) is 0. The predicted molar refractivity (Wildman–Crippen MR) is 77.5 cm³/mol. The summed E-state index contributed by atoms with van der Waals surface area (Å²) in [6, 6.07) is 4.79. The lowest BCUT2D eigenvalue weighted by Gasteiger charge is -2.37. The van der Waals surface area contributed by atoms with E-state index in [2.05, 4.69) is 20.8 Å². The Hall–Kier alpha value is -0.490. The van der Waals surface area contributed by atoms with Gasteiger partial charge in [0.2, 0.25) is 0 Å². The van der Waals surface area contributed by atoms with Crippen molar-refractivity contribution in [3.63, 3.8) is 0 Å². The van der Waals surface area contributed by atoms with E-state index in [1.165, 1.54) is 6.07 Å². The normalized spacial score (nSPS) is 22.4. The number of methoxy groups -OCH3 is 1. The zero-order valence-corrected chi connectivity index (χ0v) is 12.7. The molecule has 2 N–H and O–H groups in total.